The van der Waals surface area contributed by atoms with Crippen molar-refractivity contribution < 1.29 is 97.4 Å². The average Bonchev–Trinajstić information content (AvgIpc) is 0.789. The van der Waals surface area contributed by atoms with Crippen molar-refractivity contribution in [2.75, 3.05) is 46.9 Å². The Morgan fingerprint density at radius 3 is 1.98 bits per heavy atom. The lowest BCUT2D eigenvalue weighted by atomic mass is 9.81. The number of piperidine rings is 1. The Labute approximate surface area is 537 Å². The number of benzene rings is 3. The summed E-state index contributed by atoms with van der Waals surface area (Å²) in [6.07, 6.45) is 3.52. The topological polar surface area (TPSA) is 321 Å². The first kappa shape index (κ1) is 71.9. The van der Waals surface area contributed by atoms with Gasteiger partial charge in [0.1, 0.15) is 30.0 Å². The Hall–Kier alpha value is -7.57. The van der Waals surface area contributed by atoms with E-state index in [0.29, 0.717) is 60.8 Å². The number of hydrogen-bond acceptors (Lipinski definition) is 20. The maximum Gasteiger partial charge on any atom is 0.411 e. The van der Waals surface area contributed by atoms with Crippen LogP contribution in [-0.4, -0.2) is 173 Å². The molecule has 3 aromatic carbocycles. The number of ether oxygens (including phenoxy) is 7. The molecule has 0 unspecified atom stereocenters. The molecule has 2 bridgehead atoms. The summed E-state index contributed by atoms with van der Waals surface area (Å²) in [5.74, 6) is -12.1. The molecule has 1 aliphatic carbocycles. The standard InChI is InChI=1S/C70H90N2O20/c1-39-30-40(2)32-58(80)65-62(89-9)34-42(4)70(85,92-65)66(81)67(82)72-28-11-10-12-50(72)68(83)91-64(41(3)33-46-17-24-53(75)61(37-46)88-8)43(5)56(78)38-57(79)48(31-39)27-29-90-69(84)71-49-20-18-47(19-21-49)63(54(76)25-15-44-13-22-51(73)59(35-44)86-6)55(77)26-16-45-14-23-52(74)60(36-45)87-7/h13-16,18-23,25-26,31,33,35-36,40,42-43,46,48,50,53,56,58,61-65,73-75,78,80,85H,10-12,17,24,27-30,32,34,37-38H2,1-9H3,(H,71,84)/b25-15+,26-16+,39-31+,41-33+/t40-,42+,43+,46-,48+,50-,53+,56-,58-,61+,62-,64+,65+,70+/m0/s1. The number of fused-ring (bicyclic) bond motifs is 3. The van der Waals surface area contributed by atoms with Gasteiger partial charge < -0.3 is 68.7 Å². The summed E-state index contributed by atoms with van der Waals surface area (Å²) in [6.45, 7) is 8.27. The quantitative estimate of drug-likeness (QED) is 0.0220. The number of nitrogens with zero attached hydrogens (tertiary/aromatic N) is 1. The number of carbonyl (C=O) groups is 7. The number of phenols is 2. The Kier molecular flexibility index (Phi) is 25.6. The molecular weight excluding hydrogens is 1190 g/mol. The van der Waals surface area contributed by atoms with E-state index in [1.54, 1.807) is 39.0 Å². The Bertz CT molecular complexity index is 3150. The number of anilines is 1. The van der Waals surface area contributed by atoms with Crippen molar-refractivity contribution in [3.05, 3.63) is 113 Å². The van der Waals surface area contributed by atoms with E-state index in [2.05, 4.69) is 5.32 Å². The van der Waals surface area contributed by atoms with Crippen LogP contribution < -0.4 is 14.8 Å². The summed E-state index contributed by atoms with van der Waals surface area (Å²) in [5.41, 5.74) is 2.76. The van der Waals surface area contributed by atoms with Crippen LogP contribution >= 0.6 is 0 Å². The van der Waals surface area contributed by atoms with E-state index in [4.69, 9.17) is 33.2 Å². The molecule has 1 saturated carbocycles. The van der Waals surface area contributed by atoms with Gasteiger partial charge in [-0.15, -0.1) is 0 Å². The number of methoxy groups -OCH3 is 4. The molecule has 0 aromatic heterocycles. The molecule has 2 saturated heterocycles. The van der Waals surface area contributed by atoms with Gasteiger partial charge >= 0.3 is 12.1 Å². The molecule has 7 rings (SSSR count). The van der Waals surface area contributed by atoms with Gasteiger partial charge in [0, 0.05) is 50.6 Å². The van der Waals surface area contributed by atoms with Crippen molar-refractivity contribution in [1.29, 1.82) is 0 Å². The van der Waals surface area contributed by atoms with Crippen molar-refractivity contribution in [3.63, 3.8) is 0 Å². The Balaban J connectivity index is 1.13. The van der Waals surface area contributed by atoms with Gasteiger partial charge in [-0.2, -0.15) is 0 Å². The molecule has 4 aliphatic rings. The number of aliphatic hydroxyl groups excluding tert-OH is 3. The number of aromatic hydroxyl groups is 2. The van der Waals surface area contributed by atoms with Crippen LogP contribution in [0.1, 0.15) is 128 Å². The van der Waals surface area contributed by atoms with Gasteiger partial charge in [0.2, 0.25) is 5.79 Å². The molecule has 3 fully saturated rings. The number of allylic oxidation sites excluding steroid dienone is 5. The van der Waals surface area contributed by atoms with Gasteiger partial charge in [-0.1, -0.05) is 74.9 Å². The van der Waals surface area contributed by atoms with Gasteiger partial charge in [-0.3, -0.25) is 29.3 Å². The van der Waals surface area contributed by atoms with E-state index in [-0.39, 0.29) is 84.9 Å². The SMILES string of the molecule is COc1cc(/C=C/C(=O)C(C(=O)/C=C/c2ccc(O)c(OC)c2)c2ccc(NC(=O)OCC[C@@H]3/C=C(\C)C[C@H](C)C[C@H](O)[C@H]4O[C@@](O)(C(=O)C(=O)N5CCCC[C@H]5C(=O)O[C@H](/C(C)=C/[C@@H]5CC[C@@H](O)[C@H](OC)C5)[C@H](C)[C@@H](O)CC3=O)[C@H](C)C[C@@H]4OC)cc2)ccc1O. The third-order valence-electron chi connectivity index (χ3n) is 18.2. The molecule has 14 atom stereocenters. The van der Waals surface area contributed by atoms with Crippen LogP contribution in [0, 0.1) is 29.6 Å². The van der Waals surface area contributed by atoms with Crippen LogP contribution in [0.5, 0.6) is 23.0 Å². The van der Waals surface area contributed by atoms with Crippen LogP contribution in [0.25, 0.3) is 12.2 Å². The number of phenolic OH excluding ortho intramolecular Hbond substituents is 2. The largest absolute Gasteiger partial charge is 0.504 e. The van der Waals surface area contributed by atoms with Crippen LogP contribution in [0.15, 0.2) is 96.1 Å². The molecule has 92 heavy (non-hydrogen) atoms. The molecular formula is C70H90N2O20. The minimum atomic E-state index is -2.70. The molecule has 7 N–H and O–H groups in total. The van der Waals surface area contributed by atoms with E-state index in [0.717, 1.165) is 4.90 Å². The van der Waals surface area contributed by atoms with Gasteiger partial charge in [0.15, 0.2) is 34.6 Å². The second-order valence-corrected chi connectivity index (χ2v) is 25.0. The molecule has 22 nitrogen and oxygen atoms in total. The molecule has 22 heteroatoms. The molecule has 3 aliphatic heterocycles. The van der Waals surface area contributed by atoms with Crippen molar-refractivity contribution in [2.24, 2.45) is 29.6 Å². The van der Waals surface area contributed by atoms with E-state index < -0.39 is 126 Å². The minimum absolute atomic E-state index is 0.0194. The van der Waals surface area contributed by atoms with Crippen molar-refractivity contribution >= 4 is 58.9 Å². The number of aliphatic hydroxyl groups is 4. The second-order valence-electron chi connectivity index (χ2n) is 25.0. The number of hydrogen-bond donors (Lipinski definition) is 7. The summed E-state index contributed by atoms with van der Waals surface area (Å²) in [4.78, 5) is 101. The van der Waals surface area contributed by atoms with E-state index in [1.807, 2.05) is 13.0 Å². The third kappa shape index (κ3) is 18.2. The van der Waals surface area contributed by atoms with Gasteiger partial charge in [-0.25, -0.2) is 9.59 Å². The first-order valence-corrected chi connectivity index (χ1v) is 31.4. The number of nitrogens with one attached hydrogen (secondary N) is 1. The lowest BCUT2D eigenvalue weighted by Gasteiger charge is -2.46. The highest BCUT2D eigenvalue weighted by Gasteiger charge is 2.56. The Morgan fingerprint density at radius 2 is 1.38 bits per heavy atom. The number of Topliss-reactive ketones (excluding diaryl/α,β-unsaturated/α-hetero) is 2. The molecule has 2 amide bonds. The van der Waals surface area contributed by atoms with Crippen molar-refractivity contribution in [2.45, 2.75) is 166 Å². The number of cyclic esters (lactones) is 1. The van der Waals surface area contributed by atoms with Crippen LogP contribution in [0.2, 0.25) is 0 Å². The lowest BCUT2D eigenvalue weighted by molar-refractivity contribution is -0.301. The second kappa shape index (κ2) is 32.8. The van der Waals surface area contributed by atoms with E-state index in [9.17, 15) is 64.2 Å². The lowest BCUT2D eigenvalue weighted by Crippen LogP contribution is -2.64. The van der Waals surface area contributed by atoms with Crippen LogP contribution in [0.3, 0.4) is 0 Å². The normalized spacial score (nSPS) is 29.8. The first-order chi connectivity index (χ1) is 43.8. The van der Waals surface area contributed by atoms with E-state index in [1.165, 1.54) is 108 Å². The number of esters is 1. The summed E-state index contributed by atoms with van der Waals surface area (Å²) < 4.78 is 39.8. The van der Waals surface area contributed by atoms with Crippen molar-refractivity contribution in [3.8, 4) is 23.0 Å². The van der Waals surface area contributed by atoms with Crippen LogP contribution in [-0.2, 0) is 52.5 Å². The fraction of sp³-hybridized carbons (Fsp3) is 0.529. The van der Waals surface area contributed by atoms with Crippen molar-refractivity contribution in [1.82, 2.24) is 4.90 Å². The van der Waals surface area contributed by atoms with Gasteiger partial charge in [-0.05, 0) is 161 Å². The smallest absolute Gasteiger partial charge is 0.411 e. The molecule has 0 radical (unpaired) electrons. The predicted molar refractivity (Wildman–Crippen MR) is 339 cm³/mol. The average molecular weight is 1280 g/mol. The third-order valence-corrected chi connectivity index (χ3v) is 18.2. The van der Waals surface area contributed by atoms with Crippen LogP contribution in [0.4, 0.5) is 10.5 Å². The predicted octanol–water partition coefficient (Wildman–Crippen LogP) is 8.12. The summed E-state index contributed by atoms with van der Waals surface area (Å²) >= 11 is 0. The highest BCUT2D eigenvalue weighted by Crippen LogP contribution is 2.40. The van der Waals surface area contributed by atoms with Gasteiger partial charge in [0.05, 0.1) is 51.3 Å². The maximum atomic E-state index is 14.7. The van der Waals surface area contributed by atoms with E-state index >= 15 is 0 Å². The maximum absolute atomic E-state index is 14.7. The number of amides is 2. The highest BCUT2D eigenvalue weighted by molar-refractivity contribution is 6.39. The fourth-order valence-corrected chi connectivity index (χ4v) is 12.9. The zero-order chi connectivity index (χ0) is 67.1. The first-order valence-electron chi connectivity index (χ1n) is 31.4. The summed E-state index contributed by atoms with van der Waals surface area (Å²) in [5, 5.41) is 69.5. The number of ketones is 4. The number of carbonyl (C=O) groups excluding carboxylic acids is 7. The summed E-state index contributed by atoms with van der Waals surface area (Å²) in [7, 11) is 5.70. The van der Waals surface area contributed by atoms with Gasteiger partial charge in [0.25, 0.3) is 11.7 Å². The zero-order valence-electron chi connectivity index (χ0n) is 53.9. The molecule has 500 valence electrons. The highest BCUT2D eigenvalue weighted by atomic mass is 16.7. The number of rotatable bonds is 17. The fourth-order valence-electron chi connectivity index (χ4n) is 12.9. The summed E-state index contributed by atoms with van der Waals surface area (Å²) in [6, 6.07) is 13.7. The minimum Gasteiger partial charge on any atom is -0.504 e. The zero-order valence-corrected chi connectivity index (χ0v) is 53.9. The molecule has 3 heterocycles. The molecule has 3 aromatic rings. The Morgan fingerprint density at radius 1 is 0.761 bits per heavy atom. The molecule has 0 spiro atoms. The monoisotopic (exact) mass is 1280 g/mol.